The minimum absolute atomic E-state index is 0.0762. The normalized spacial score (nSPS) is 23.5. The predicted molar refractivity (Wildman–Crippen MR) is 77.4 cm³/mol. The van der Waals surface area contributed by atoms with Crippen molar-refractivity contribution in [3.63, 3.8) is 0 Å². The molecular weight excluding hydrogens is 260 g/mol. The predicted octanol–water partition coefficient (Wildman–Crippen LogP) is 4.49. The SMILES string of the molecule is C/C=C/C(=O)OC1CCC(c2ccc(Cl)cc2)CC1. The van der Waals surface area contributed by atoms with Crippen molar-refractivity contribution in [2.75, 3.05) is 0 Å². The standard InChI is InChI=1S/C16H19ClO2/c1-2-3-16(18)19-15-10-6-13(7-11-15)12-4-8-14(17)9-5-12/h2-5,8-9,13,15H,6-7,10-11H2,1H3/b3-2+. The summed E-state index contributed by atoms with van der Waals surface area (Å²) in [5.41, 5.74) is 1.34. The molecule has 1 aliphatic rings. The molecule has 1 aromatic carbocycles. The molecule has 2 rings (SSSR count). The first-order chi connectivity index (χ1) is 9.19. The van der Waals surface area contributed by atoms with Gasteiger partial charge in [0.05, 0.1) is 0 Å². The van der Waals surface area contributed by atoms with Crippen molar-refractivity contribution in [1.82, 2.24) is 0 Å². The van der Waals surface area contributed by atoms with Gasteiger partial charge in [-0.15, -0.1) is 0 Å². The van der Waals surface area contributed by atoms with Crippen LogP contribution in [-0.4, -0.2) is 12.1 Å². The van der Waals surface area contributed by atoms with E-state index in [1.807, 2.05) is 19.1 Å². The van der Waals surface area contributed by atoms with Gasteiger partial charge in [0.15, 0.2) is 0 Å². The maximum atomic E-state index is 11.4. The molecule has 0 spiro atoms. The molecule has 0 aromatic heterocycles. The van der Waals surface area contributed by atoms with Crippen LogP contribution in [0.5, 0.6) is 0 Å². The van der Waals surface area contributed by atoms with Gasteiger partial charge in [-0.1, -0.05) is 29.8 Å². The van der Waals surface area contributed by atoms with Crippen molar-refractivity contribution in [3.8, 4) is 0 Å². The zero-order valence-electron chi connectivity index (χ0n) is 11.1. The van der Waals surface area contributed by atoms with Crippen LogP contribution >= 0.6 is 11.6 Å². The Morgan fingerprint density at radius 1 is 1.21 bits per heavy atom. The molecule has 0 amide bonds. The second kappa shape index (κ2) is 6.76. The third-order valence-corrected chi connectivity index (χ3v) is 3.85. The summed E-state index contributed by atoms with van der Waals surface area (Å²) in [5.74, 6) is 0.339. The van der Waals surface area contributed by atoms with Crippen LogP contribution in [0.25, 0.3) is 0 Å². The summed E-state index contributed by atoms with van der Waals surface area (Å²) < 4.78 is 5.39. The van der Waals surface area contributed by atoms with Crippen LogP contribution < -0.4 is 0 Å². The molecule has 1 aliphatic carbocycles. The number of benzene rings is 1. The second-order valence-electron chi connectivity index (χ2n) is 4.96. The molecule has 19 heavy (non-hydrogen) atoms. The van der Waals surface area contributed by atoms with E-state index in [0.29, 0.717) is 5.92 Å². The molecule has 0 saturated heterocycles. The molecule has 1 aromatic rings. The molecule has 2 nitrogen and oxygen atoms in total. The first-order valence-electron chi connectivity index (χ1n) is 6.78. The molecule has 0 unspecified atom stereocenters. The van der Waals surface area contributed by atoms with Crippen LogP contribution in [0.3, 0.4) is 0 Å². The summed E-state index contributed by atoms with van der Waals surface area (Å²) in [6.45, 7) is 1.82. The number of halogens is 1. The number of rotatable bonds is 3. The molecule has 0 bridgehead atoms. The fourth-order valence-corrected chi connectivity index (χ4v) is 2.71. The van der Waals surface area contributed by atoms with Gasteiger partial charge in [-0.3, -0.25) is 0 Å². The highest BCUT2D eigenvalue weighted by Crippen LogP contribution is 2.34. The van der Waals surface area contributed by atoms with Gasteiger partial charge in [0.25, 0.3) is 0 Å². The summed E-state index contributed by atoms with van der Waals surface area (Å²) in [6, 6.07) is 8.07. The highest BCUT2D eigenvalue weighted by atomic mass is 35.5. The quantitative estimate of drug-likeness (QED) is 0.602. The van der Waals surface area contributed by atoms with Gasteiger partial charge < -0.3 is 4.74 Å². The third-order valence-electron chi connectivity index (χ3n) is 3.60. The largest absolute Gasteiger partial charge is 0.459 e. The van der Waals surface area contributed by atoms with Gasteiger partial charge in [0.2, 0.25) is 0 Å². The van der Waals surface area contributed by atoms with Crippen molar-refractivity contribution in [2.45, 2.75) is 44.6 Å². The summed E-state index contributed by atoms with van der Waals surface area (Å²) in [4.78, 5) is 11.4. The van der Waals surface area contributed by atoms with Crippen molar-refractivity contribution in [3.05, 3.63) is 47.0 Å². The minimum Gasteiger partial charge on any atom is -0.459 e. The number of esters is 1. The highest BCUT2D eigenvalue weighted by Gasteiger charge is 2.24. The molecule has 0 radical (unpaired) electrons. The van der Waals surface area contributed by atoms with E-state index in [0.717, 1.165) is 30.7 Å². The van der Waals surface area contributed by atoms with Crippen molar-refractivity contribution < 1.29 is 9.53 Å². The van der Waals surface area contributed by atoms with E-state index >= 15 is 0 Å². The van der Waals surface area contributed by atoms with E-state index in [4.69, 9.17) is 16.3 Å². The van der Waals surface area contributed by atoms with E-state index in [1.54, 1.807) is 6.08 Å². The molecule has 0 N–H and O–H groups in total. The Morgan fingerprint density at radius 3 is 2.42 bits per heavy atom. The molecular formula is C16H19ClO2. The monoisotopic (exact) mass is 278 g/mol. The summed E-state index contributed by atoms with van der Waals surface area (Å²) >= 11 is 5.90. The van der Waals surface area contributed by atoms with Crippen LogP contribution in [0.4, 0.5) is 0 Å². The summed E-state index contributed by atoms with van der Waals surface area (Å²) in [6.07, 6.45) is 7.28. The Kier molecular flexibility index (Phi) is 5.03. The van der Waals surface area contributed by atoms with Crippen molar-refractivity contribution >= 4 is 17.6 Å². The van der Waals surface area contributed by atoms with Gasteiger partial charge in [-0.2, -0.15) is 0 Å². The van der Waals surface area contributed by atoms with Crippen molar-refractivity contribution in [1.29, 1.82) is 0 Å². The summed E-state index contributed by atoms with van der Waals surface area (Å²) in [5, 5.41) is 0.776. The van der Waals surface area contributed by atoms with E-state index in [1.165, 1.54) is 11.6 Å². The van der Waals surface area contributed by atoms with Gasteiger partial charge in [-0.05, 0) is 56.2 Å². The lowest BCUT2D eigenvalue weighted by atomic mass is 9.83. The van der Waals surface area contributed by atoms with Crippen LogP contribution in [0.2, 0.25) is 5.02 Å². The average Bonchev–Trinajstić information content (AvgIpc) is 2.41. The third kappa shape index (κ3) is 4.10. The smallest absolute Gasteiger partial charge is 0.330 e. The minimum atomic E-state index is -0.225. The number of carbonyl (C=O) groups excluding carboxylic acids is 1. The molecule has 1 saturated carbocycles. The molecule has 1 fully saturated rings. The van der Waals surface area contributed by atoms with Crippen molar-refractivity contribution in [2.24, 2.45) is 0 Å². The number of hydrogen-bond acceptors (Lipinski definition) is 2. The fourth-order valence-electron chi connectivity index (χ4n) is 2.59. The average molecular weight is 279 g/mol. The van der Waals surface area contributed by atoms with E-state index in [9.17, 15) is 4.79 Å². The Bertz CT molecular complexity index is 442. The number of ether oxygens (including phenoxy) is 1. The molecule has 0 aliphatic heterocycles. The Morgan fingerprint density at radius 2 is 1.84 bits per heavy atom. The molecule has 0 heterocycles. The Labute approximate surface area is 119 Å². The maximum absolute atomic E-state index is 11.4. The zero-order valence-corrected chi connectivity index (χ0v) is 11.9. The zero-order chi connectivity index (χ0) is 13.7. The first kappa shape index (κ1) is 14.1. The highest BCUT2D eigenvalue weighted by molar-refractivity contribution is 6.30. The number of allylic oxidation sites excluding steroid dienone is 1. The number of hydrogen-bond donors (Lipinski definition) is 0. The van der Waals surface area contributed by atoms with Gasteiger partial charge >= 0.3 is 5.97 Å². The molecule has 3 heteroatoms. The Balaban J connectivity index is 1.85. The van der Waals surface area contributed by atoms with Gasteiger partial charge in [0.1, 0.15) is 6.10 Å². The van der Waals surface area contributed by atoms with E-state index in [2.05, 4.69) is 12.1 Å². The lowest BCUT2D eigenvalue weighted by Gasteiger charge is -2.28. The topological polar surface area (TPSA) is 26.3 Å². The fraction of sp³-hybridized carbons (Fsp3) is 0.438. The lowest BCUT2D eigenvalue weighted by molar-refractivity contribution is -0.144. The van der Waals surface area contributed by atoms with Crippen LogP contribution in [-0.2, 0) is 9.53 Å². The van der Waals surface area contributed by atoms with E-state index < -0.39 is 0 Å². The van der Waals surface area contributed by atoms with Gasteiger partial charge in [-0.25, -0.2) is 4.79 Å². The van der Waals surface area contributed by atoms with Crippen LogP contribution in [0.15, 0.2) is 36.4 Å². The lowest BCUT2D eigenvalue weighted by Crippen LogP contribution is -2.23. The van der Waals surface area contributed by atoms with Crippen LogP contribution in [0, 0.1) is 0 Å². The number of carbonyl (C=O) groups is 1. The van der Waals surface area contributed by atoms with Gasteiger partial charge in [0, 0.05) is 11.1 Å². The maximum Gasteiger partial charge on any atom is 0.330 e. The van der Waals surface area contributed by atoms with Crippen LogP contribution in [0.1, 0.15) is 44.1 Å². The molecule has 0 atom stereocenters. The Hall–Kier alpha value is -1.28. The first-order valence-corrected chi connectivity index (χ1v) is 7.15. The molecule has 102 valence electrons. The second-order valence-corrected chi connectivity index (χ2v) is 5.40. The summed E-state index contributed by atoms with van der Waals surface area (Å²) in [7, 11) is 0. The van der Waals surface area contributed by atoms with E-state index in [-0.39, 0.29) is 12.1 Å².